The van der Waals surface area contributed by atoms with Crippen molar-refractivity contribution in [3.05, 3.63) is 11.6 Å². The van der Waals surface area contributed by atoms with E-state index in [4.69, 9.17) is 0 Å². The van der Waals surface area contributed by atoms with Gasteiger partial charge in [0.1, 0.15) is 5.78 Å². The van der Waals surface area contributed by atoms with Gasteiger partial charge in [-0.25, -0.2) is 0 Å². The molecule has 0 bridgehead atoms. The van der Waals surface area contributed by atoms with Gasteiger partial charge >= 0.3 is 0 Å². The largest absolute Gasteiger partial charge is 0.300 e. The molecule has 0 aromatic rings. The number of carbonyl (C=O) groups is 1. The van der Waals surface area contributed by atoms with Crippen LogP contribution in [0.1, 0.15) is 78.1 Å². The highest BCUT2D eigenvalue weighted by Crippen LogP contribution is 2.70. The van der Waals surface area contributed by atoms with Crippen LogP contribution < -0.4 is 0 Å². The number of hydrogen-bond acceptors (Lipinski definition) is 1. The van der Waals surface area contributed by atoms with E-state index >= 15 is 0 Å². The molecule has 0 aromatic heterocycles. The van der Waals surface area contributed by atoms with Gasteiger partial charge in [-0.3, -0.25) is 4.79 Å². The van der Waals surface area contributed by atoms with E-state index in [0.717, 1.165) is 18.3 Å². The number of allylic oxidation sites excluding steroid dienone is 2. The fourth-order valence-corrected chi connectivity index (χ4v) is 7.29. The topological polar surface area (TPSA) is 17.1 Å². The minimum atomic E-state index is 0.302. The van der Waals surface area contributed by atoms with Crippen LogP contribution in [-0.2, 0) is 4.79 Å². The minimum absolute atomic E-state index is 0.302. The first-order chi connectivity index (χ1) is 10.1. The summed E-state index contributed by atoms with van der Waals surface area (Å²) in [5.74, 6) is 2.54. The zero-order valence-electron chi connectivity index (χ0n) is 13.8. The Balaban J connectivity index is 1.80. The molecule has 0 saturated heterocycles. The first-order valence-electron chi connectivity index (χ1n) is 9.29. The molecular weight excluding hydrogens is 256 g/mol. The number of hydrogen-bond donors (Lipinski definition) is 0. The van der Waals surface area contributed by atoms with E-state index in [2.05, 4.69) is 13.0 Å². The maximum atomic E-state index is 12.2. The molecule has 0 radical (unpaired) electrons. The molecule has 4 aliphatic carbocycles. The molecule has 3 saturated carbocycles. The second kappa shape index (κ2) is 4.70. The van der Waals surface area contributed by atoms with Crippen molar-refractivity contribution in [2.75, 3.05) is 0 Å². The Morgan fingerprint density at radius 2 is 2.00 bits per heavy atom. The van der Waals surface area contributed by atoms with Gasteiger partial charge in [0.15, 0.2) is 0 Å². The quantitative estimate of drug-likeness (QED) is 0.598. The summed E-state index contributed by atoms with van der Waals surface area (Å²) < 4.78 is 0. The monoisotopic (exact) mass is 286 g/mol. The smallest absolute Gasteiger partial charge is 0.133 e. The van der Waals surface area contributed by atoms with Crippen molar-refractivity contribution >= 4 is 5.78 Å². The zero-order valence-corrected chi connectivity index (χ0v) is 13.8. The van der Waals surface area contributed by atoms with Gasteiger partial charge in [-0.1, -0.05) is 18.6 Å². The Morgan fingerprint density at radius 3 is 2.81 bits per heavy atom. The first kappa shape index (κ1) is 14.0. The van der Waals surface area contributed by atoms with Gasteiger partial charge in [0, 0.05) is 5.92 Å². The second-order valence-electron chi connectivity index (χ2n) is 8.59. The van der Waals surface area contributed by atoms with E-state index in [-0.39, 0.29) is 0 Å². The van der Waals surface area contributed by atoms with Gasteiger partial charge in [0.25, 0.3) is 0 Å². The molecule has 1 spiro atoms. The van der Waals surface area contributed by atoms with Crippen molar-refractivity contribution in [3.63, 3.8) is 0 Å². The summed E-state index contributed by atoms with van der Waals surface area (Å²) >= 11 is 0. The van der Waals surface area contributed by atoms with Crippen LogP contribution in [0.15, 0.2) is 11.6 Å². The summed E-state index contributed by atoms with van der Waals surface area (Å²) in [5, 5.41) is 0. The normalized spacial score (nSPS) is 48.9. The lowest BCUT2D eigenvalue weighted by Gasteiger charge is -2.60. The van der Waals surface area contributed by atoms with Crippen LogP contribution >= 0.6 is 0 Å². The van der Waals surface area contributed by atoms with Gasteiger partial charge in [0.2, 0.25) is 0 Å². The molecule has 0 amide bonds. The molecule has 21 heavy (non-hydrogen) atoms. The summed E-state index contributed by atoms with van der Waals surface area (Å²) in [7, 11) is 0. The van der Waals surface area contributed by atoms with E-state index in [1.807, 2.05) is 12.5 Å². The molecule has 0 aliphatic heterocycles. The number of Topliss-reactive ketones (excluding diaryl/α,β-unsaturated/α-hetero) is 1. The van der Waals surface area contributed by atoms with Crippen LogP contribution in [0.3, 0.4) is 0 Å². The Kier molecular flexibility index (Phi) is 3.14. The fourth-order valence-electron chi connectivity index (χ4n) is 7.29. The van der Waals surface area contributed by atoms with Crippen LogP contribution in [0.2, 0.25) is 0 Å². The van der Waals surface area contributed by atoms with Crippen molar-refractivity contribution in [2.24, 2.45) is 28.6 Å². The number of rotatable bonds is 1. The lowest BCUT2D eigenvalue weighted by Crippen LogP contribution is -2.53. The Bertz CT molecular complexity index is 490. The number of fused-ring (bicyclic) bond motifs is 1. The number of carbonyl (C=O) groups excluding carboxylic acids is 1. The molecule has 0 aromatic carbocycles. The van der Waals surface area contributed by atoms with E-state index in [1.54, 1.807) is 0 Å². The molecule has 3 fully saturated rings. The van der Waals surface area contributed by atoms with Crippen LogP contribution in [0, 0.1) is 28.6 Å². The summed E-state index contributed by atoms with van der Waals surface area (Å²) in [6.07, 6.45) is 16.1. The van der Waals surface area contributed by atoms with Gasteiger partial charge < -0.3 is 0 Å². The van der Waals surface area contributed by atoms with Crippen molar-refractivity contribution in [1.29, 1.82) is 0 Å². The molecule has 0 heterocycles. The zero-order chi connectivity index (χ0) is 14.7. The van der Waals surface area contributed by atoms with Gasteiger partial charge in [-0.2, -0.15) is 0 Å². The molecule has 4 aliphatic rings. The highest BCUT2D eigenvalue weighted by atomic mass is 16.1. The standard InChI is InChI=1S/C20H30O/c1-14(21)17-9-10-18-19(17,2)13-11-16-8-5-7-15-6-3-4-12-20(15,16)18/h6,16-18H,3-5,7-13H2,1-2H3/t16-,17?,18?,19?,20-/m0/s1. The molecular formula is C20H30O. The average Bonchev–Trinajstić information content (AvgIpc) is 2.84. The van der Waals surface area contributed by atoms with Crippen LogP contribution in [0.25, 0.3) is 0 Å². The summed E-state index contributed by atoms with van der Waals surface area (Å²) in [6.45, 7) is 4.32. The lowest BCUT2D eigenvalue weighted by molar-refractivity contribution is -0.129. The Hall–Kier alpha value is -0.590. The van der Waals surface area contributed by atoms with Crippen LogP contribution in [-0.4, -0.2) is 5.78 Å². The Labute approximate surface area is 129 Å². The minimum Gasteiger partial charge on any atom is -0.300 e. The molecule has 3 unspecified atom stereocenters. The van der Waals surface area contributed by atoms with E-state index in [9.17, 15) is 4.79 Å². The lowest BCUT2D eigenvalue weighted by atomic mass is 9.44. The van der Waals surface area contributed by atoms with Gasteiger partial charge in [0.05, 0.1) is 0 Å². The molecule has 1 heteroatoms. The van der Waals surface area contributed by atoms with E-state index < -0.39 is 0 Å². The third-order valence-electron chi connectivity index (χ3n) is 7.99. The third kappa shape index (κ3) is 1.72. The van der Waals surface area contributed by atoms with Crippen molar-refractivity contribution < 1.29 is 4.79 Å². The highest BCUT2D eigenvalue weighted by Gasteiger charge is 2.63. The van der Waals surface area contributed by atoms with Crippen LogP contribution in [0.4, 0.5) is 0 Å². The van der Waals surface area contributed by atoms with E-state index in [1.165, 1.54) is 57.8 Å². The molecule has 0 N–H and O–H groups in total. The van der Waals surface area contributed by atoms with Gasteiger partial charge in [-0.15, -0.1) is 0 Å². The molecule has 4 rings (SSSR count). The molecule has 5 atom stereocenters. The summed E-state index contributed by atoms with van der Waals surface area (Å²) in [6, 6.07) is 0. The van der Waals surface area contributed by atoms with Crippen molar-refractivity contribution in [2.45, 2.75) is 78.1 Å². The third-order valence-corrected chi connectivity index (χ3v) is 7.99. The maximum Gasteiger partial charge on any atom is 0.133 e. The molecule has 116 valence electrons. The SMILES string of the molecule is CC(=O)C1CCC2C1(C)CC[C@@H]1CCCC3=CCCC[C@@]321. The van der Waals surface area contributed by atoms with E-state index in [0.29, 0.717) is 22.5 Å². The maximum absolute atomic E-state index is 12.2. The van der Waals surface area contributed by atoms with Crippen LogP contribution in [0.5, 0.6) is 0 Å². The van der Waals surface area contributed by atoms with Crippen molar-refractivity contribution in [1.82, 2.24) is 0 Å². The average molecular weight is 286 g/mol. The first-order valence-corrected chi connectivity index (χ1v) is 9.29. The second-order valence-corrected chi connectivity index (χ2v) is 8.59. The summed E-state index contributed by atoms with van der Waals surface area (Å²) in [5.41, 5.74) is 2.63. The fraction of sp³-hybridized carbons (Fsp3) is 0.850. The van der Waals surface area contributed by atoms with Crippen molar-refractivity contribution in [3.8, 4) is 0 Å². The Morgan fingerprint density at radius 1 is 1.14 bits per heavy atom. The summed E-state index contributed by atoms with van der Waals surface area (Å²) in [4.78, 5) is 12.2. The molecule has 1 nitrogen and oxygen atoms in total. The van der Waals surface area contributed by atoms with Gasteiger partial charge in [-0.05, 0) is 93.8 Å². The number of ketones is 1. The highest BCUT2D eigenvalue weighted by molar-refractivity contribution is 5.79. The predicted octanol–water partition coefficient (Wildman–Crippen LogP) is 5.30. The predicted molar refractivity (Wildman–Crippen MR) is 85.9 cm³/mol.